The first-order valence-corrected chi connectivity index (χ1v) is 5.92. The highest BCUT2D eigenvalue weighted by Crippen LogP contribution is 2.17. The lowest BCUT2D eigenvalue weighted by molar-refractivity contribution is 0.111. The van der Waals surface area contributed by atoms with Gasteiger partial charge in [-0.3, -0.25) is 4.79 Å². The van der Waals surface area contributed by atoms with E-state index in [0.717, 1.165) is 16.5 Å². The van der Waals surface area contributed by atoms with Crippen LogP contribution >= 0.6 is 15.9 Å². The minimum absolute atomic E-state index is 0.437. The van der Waals surface area contributed by atoms with Crippen LogP contribution in [0.2, 0.25) is 0 Å². The van der Waals surface area contributed by atoms with Crippen molar-refractivity contribution < 1.29 is 9.53 Å². The number of benzene rings is 1. The molecule has 0 aliphatic heterocycles. The number of rotatable bonds is 5. The van der Waals surface area contributed by atoms with E-state index in [4.69, 9.17) is 4.74 Å². The third-order valence-electron chi connectivity index (χ3n) is 2.19. The Morgan fingerprint density at radius 2 is 2.35 bits per heavy atom. The largest absolute Gasteiger partial charge is 0.492 e. The lowest BCUT2D eigenvalue weighted by Crippen LogP contribution is -2.06. The topological polar surface area (TPSA) is 44.1 Å². The molecule has 0 aliphatic carbocycles. The molecule has 0 radical (unpaired) electrons. The summed E-state index contributed by atoms with van der Waals surface area (Å²) >= 11 is 3.38. The molecule has 1 aromatic heterocycles. The second-order valence-electron chi connectivity index (χ2n) is 3.46. The Hall–Kier alpha value is -1.62. The molecule has 88 valence electrons. The van der Waals surface area contributed by atoms with Gasteiger partial charge < -0.3 is 9.30 Å². The van der Waals surface area contributed by atoms with E-state index in [1.54, 1.807) is 12.5 Å². The molecule has 0 spiro atoms. The summed E-state index contributed by atoms with van der Waals surface area (Å²) in [6.07, 6.45) is 4.04. The minimum Gasteiger partial charge on any atom is -0.492 e. The van der Waals surface area contributed by atoms with Crippen molar-refractivity contribution in [1.82, 2.24) is 9.55 Å². The number of ether oxygens (including phenoxy) is 1. The van der Waals surface area contributed by atoms with Gasteiger partial charge in [0.2, 0.25) is 0 Å². The molecule has 2 rings (SSSR count). The van der Waals surface area contributed by atoms with Crippen molar-refractivity contribution in [1.29, 1.82) is 0 Å². The van der Waals surface area contributed by atoms with Crippen LogP contribution in [0.25, 0.3) is 0 Å². The lowest BCUT2D eigenvalue weighted by atomic mass is 10.3. The first-order valence-electron chi connectivity index (χ1n) is 5.13. The van der Waals surface area contributed by atoms with E-state index in [0.29, 0.717) is 18.8 Å². The number of carbonyl (C=O) groups is 1. The monoisotopic (exact) mass is 294 g/mol. The number of nitrogens with zero attached hydrogens (tertiary/aromatic N) is 2. The van der Waals surface area contributed by atoms with Gasteiger partial charge in [0.05, 0.1) is 12.9 Å². The molecule has 1 heterocycles. The van der Waals surface area contributed by atoms with Crippen LogP contribution in [0.5, 0.6) is 5.75 Å². The van der Waals surface area contributed by atoms with Gasteiger partial charge in [-0.1, -0.05) is 22.0 Å². The highest BCUT2D eigenvalue weighted by molar-refractivity contribution is 9.10. The molecule has 0 atom stereocenters. The fourth-order valence-corrected chi connectivity index (χ4v) is 1.76. The van der Waals surface area contributed by atoms with Gasteiger partial charge in [0.25, 0.3) is 0 Å². The molecule has 5 heteroatoms. The summed E-state index contributed by atoms with van der Waals surface area (Å²) in [4.78, 5) is 14.3. The van der Waals surface area contributed by atoms with Crippen LogP contribution in [0.3, 0.4) is 0 Å². The third kappa shape index (κ3) is 3.42. The molecule has 0 fully saturated rings. The summed E-state index contributed by atoms with van der Waals surface area (Å²) in [5.74, 6) is 0.815. The summed E-state index contributed by atoms with van der Waals surface area (Å²) in [5.41, 5.74) is 0.437. The van der Waals surface area contributed by atoms with Crippen molar-refractivity contribution in [3.63, 3.8) is 0 Å². The zero-order valence-corrected chi connectivity index (χ0v) is 10.6. The fraction of sp³-hybridized carbons (Fsp3) is 0.167. The molecule has 0 unspecified atom stereocenters. The van der Waals surface area contributed by atoms with Gasteiger partial charge >= 0.3 is 0 Å². The van der Waals surface area contributed by atoms with Gasteiger partial charge in [-0.05, 0) is 18.2 Å². The first-order chi connectivity index (χ1) is 8.28. The lowest BCUT2D eigenvalue weighted by Gasteiger charge is -2.06. The molecule has 17 heavy (non-hydrogen) atoms. The van der Waals surface area contributed by atoms with Crippen molar-refractivity contribution in [2.24, 2.45) is 0 Å². The van der Waals surface area contributed by atoms with Crippen molar-refractivity contribution in [2.45, 2.75) is 6.54 Å². The molecule has 0 saturated carbocycles. The average molecular weight is 295 g/mol. The third-order valence-corrected chi connectivity index (χ3v) is 2.68. The average Bonchev–Trinajstić information content (AvgIpc) is 2.77. The Labute approximate surface area is 107 Å². The second-order valence-corrected chi connectivity index (χ2v) is 4.38. The molecule has 1 aromatic carbocycles. The molecule has 0 bridgehead atoms. The van der Waals surface area contributed by atoms with Crippen LogP contribution in [-0.4, -0.2) is 22.4 Å². The normalized spacial score (nSPS) is 10.2. The molecular formula is C12H11BrN2O2. The summed E-state index contributed by atoms with van der Waals surface area (Å²) < 4.78 is 8.37. The summed E-state index contributed by atoms with van der Waals surface area (Å²) in [5, 5.41) is 0. The van der Waals surface area contributed by atoms with Gasteiger partial charge in [-0.2, -0.15) is 0 Å². The quantitative estimate of drug-likeness (QED) is 0.796. The van der Waals surface area contributed by atoms with E-state index in [9.17, 15) is 4.79 Å². The maximum atomic E-state index is 10.4. The highest BCUT2D eigenvalue weighted by atomic mass is 79.9. The van der Waals surface area contributed by atoms with Crippen LogP contribution in [0.4, 0.5) is 0 Å². The van der Waals surface area contributed by atoms with E-state index in [1.165, 1.54) is 0 Å². The van der Waals surface area contributed by atoms with E-state index >= 15 is 0 Å². The predicted octanol–water partition coefficient (Wildman–Crippen LogP) is 2.54. The standard InChI is InChI=1S/C12H11BrN2O2/c13-10-2-1-3-12(6-10)17-5-4-15-7-11(8-16)14-9-15/h1-3,6-9H,4-5H2. The smallest absolute Gasteiger partial charge is 0.169 e. The van der Waals surface area contributed by atoms with Crippen molar-refractivity contribution in [2.75, 3.05) is 6.61 Å². The van der Waals surface area contributed by atoms with Gasteiger partial charge in [0.1, 0.15) is 18.1 Å². The van der Waals surface area contributed by atoms with Gasteiger partial charge in [-0.15, -0.1) is 0 Å². The SMILES string of the molecule is O=Cc1cn(CCOc2cccc(Br)c2)cn1. The second kappa shape index (κ2) is 5.63. The Bertz CT molecular complexity index is 511. The molecule has 0 aliphatic rings. The molecule has 4 nitrogen and oxygen atoms in total. The van der Waals surface area contributed by atoms with E-state index in [2.05, 4.69) is 20.9 Å². The predicted molar refractivity (Wildman–Crippen MR) is 67.3 cm³/mol. The molecule has 0 amide bonds. The summed E-state index contributed by atoms with van der Waals surface area (Å²) in [7, 11) is 0. The summed E-state index contributed by atoms with van der Waals surface area (Å²) in [6.45, 7) is 1.19. The van der Waals surface area contributed by atoms with Gasteiger partial charge in [0, 0.05) is 10.7 Å². The van der Waals surface area contributed by atoms with Crippen LogP contribution < -0.4 is 4.74 Å². The summed E-state index contributed by atoms with van der Waals surface area (Å²) in [6, 6.07) is 7.67. The van der Waals surface area contributed by atoms with Crippen molar-refractivity contribution in [3.05, 3.63) is 47.0 Å². The zero-order chi connectivity index (χ0) is 12.1. The number of aromatic nitrogens is 2. The fourth-order valence-electron chi connectivity index (χ4n) is 1.39. The van der Waals surface area contributed by atoms with Crippen LogP contribution in [0, 0.1) is 0 Å². The number of aldehydes is 1. The maximum absolute atomic E-state index is 10.4. The Kier molecular flexibility index (Phi) is 3.93. The van der Waals surface area contributed by atoms with Crippen LogP contribution in [0.1, 0.15) is 10.5 Å². The van der Waals surface area contributed by atoms with Crippen LogP contribution in [0.15, 0.2) is 41.3 Å². The Morgan fingerprint density at radius 3 is 3.06 bits per heavy atom. The van der Waals surface area contributed by atoms with Crippen molar-refractivity contribution >= 4 is 22.2 Å². The number of imidazole rings is 1. The number of hydrogen-bond donors (Lipinski definition) is 0. The Morgan fingerprint density at radius 1 is 1.47 bits per heavy atom. The highest BCUT2D eigenvalue weighted by Gasteiger charge is 1.98. The Balaban J connectivity index is 1.85. The molecule has 0 saturated heterocycles. The van der Waals surface area contributed by atoms with Gasteiger partial charge in [-0.25, -0.2) is 4.98 Å². The maximum Gasteiger partial charge on any atom is 0.169 e. The zero-order valence-electron chi connectivity index (χ0n) is 9.04. The first kappa shape index (κ1) is 11.9. The van der Waals surface area contributed by atoms with Crippen molar-refractivity contribution in [3.8, 4) is 5.75 Å². The molecule has 2 aromatic rings. The van der Waals surface area contributed by atoms with Crippen LogP contribution in [-0.2, 0) is 6.54 Å². The van der Waals surface area contributed by atoms with E-state index < -0.39 is 0 Å². The van der Waals surface area contributed by atoms with E-state index in [1.807, 2.05) is 28.8 Å². The molecule has 0 N–H and O–H groups in total. The number of halogens is 1. The van der Waals surface area contributed by atoms with E-state index in [-0.39, 0.29) is 0 Å². The number of hydrogen-bond acceptors (Lipinski definition) is 3. The molecular weight excluding hydrogens is 284 g/mol. The number of carbonyl (C=O) groups excluding carboxylic acids is 1. The van der Waals surface area contributed by atoms with Gasteiger partial charge in [0.15, 0.2) is 6.29 Å². The minimum atomic E-state index is 0.437.